The number of amides is 1. The third-order valence-corrected chi connectivity index (χ3v) is 3.29. The van der Waals surface area contributed by atoms with E-state index in [-0.39, 0.29) is 23.9 Å². The number of benzene rings is 1. The van der Waals surface area contributed by atoms with Gasteiger partial charge in [0, 0.05) is 17.5 Å². The summed E-state index contributed by atoms with van der Waals surface area (Å²) in [5, 5.41) is 12.8. The first-order chi connectivity index (χ1) is 9.27. The molecule has 0 bridgehead atoms. The first-order valence-corrected chi connectivity index (χ1v) is 6.73. The van der Waals surface area contributed by atoms with Crippen LogP contribution in [0.4, 0.5) is 8.78 Å². The molecular formula is C15H21F2NO2. The Balaban J connectivity index is 2.72. The van der Waals surface area contributed by atoms with Gasteiger partial charge in [-0.05, 0) is 19.4 Å². The molecule has 20 heavy (non-hydrogen) atoms. The quantitative estimate of drug-likeness (QED) is 0.844. The fraction of sp³-hybridized carbons (Fsp3) is 0.533. The van der Waals surface area contributed by atoms with Crippen LogP contribution >= 0.6 is 0 Å². The van der Waals surface area contributed by atoms with E-state index in [1.807, 2.05) is 6.92 Å². The van der Waals surface area contributed by atoms with Crippen LogP contribution in [0, 0.1) is 17.6 Å². The maximum absolute atomic E-state index is 13.6. The van der Waals surface area contributed by atoms with Crippen molar-refractivity contribution in [1.82, 2.24) is 5.32 Å². The van der Waals surface area contributed by atoms with Gasteiger partial charge in [0.15, 0.2) is 0 Å². The molecule has 2 N–H and O–H groups in total. The van der Waals surface area contributed by atoms with Crippen LogP contribution in [0.1, 0.15) is 39.2 Å². The lowest BCUT2D eigenvalue weighted by atomic mass is 9.95. The summed E-state index contributed by atoms with van der Waals surface area (Å²) in [6.45, 7) is 5.04. The van der Waals surface area contributed by atoms with Crippen LogP contribution in [-0.2, 0) is 10.4 Å². The number of nitrogens with one attached hydrogen (secondary N) is 1. The molecule has 2 unspecified atom stereocenters. The third kappa shape index (κ3) is 4.27. The first-order valence-electron chi connectivity index (χ1n) is 6.73. The van der Waals surface area contributed by atoms with E-state index in [0.29, 0.717) is 6.07 Å². The van der Waals surface area contributed by atoms with Crippen molar-refractivity contribution in [3.05, 3.63) is 35.4 Å². The van der Waals surface area contributed by atoms with Crippen molar-refractivity contribution in [3.8, 4) is 0 Å². The molecule has 112 valence electrons. The lowest BCUT2D eigenvalue weighted by molar-refractivity contribution is -0.125. The van der Waals surface area contributed by atoms with Crippen molar-refractivity contribution >= 4 is 5.91 Å². The first kappa shape index (κ1) is 16.6. The Hall–Kier alpha value is -1.49. The Bertz CT molecular complexity index is 475. The van der Waals surface area contributed by atoms with Crippen LogP contribution in [0.2, 0.25) is 0 Å². The second kappa shape index (κ2) is 6.79. The minimum absolute atomic E-state index is 0.0395. The van der Waals surface area contributed by atoms with Gasteiger partial charge in [0.1, 0.15) is 17.2 Å². The lowest BCUT2D eigenvalue weighted by Crippen LogP contribution is -2.41. The van der Waals surface area contributed by atoms with Crippen LogP contribution in [0.25, 0.3) is 0 Å². The highest BCUT2D eigenvalue weighted by atomic mass is 19.1. The topological polar surface area (TPSA) is 49.3 Å². The molecule has 5 heteroatoms. The number of hydrogen-bond acceptors (Lipinski definition) is 2. The monoisotopic (exact) mass is 285 g/mol. The van der Waals surface area contributed by atoms with Gasteiger partial charge in [0.05, 0.1) is 6.54 Å². The number of aliphatic hydroxyl groups is 1. The molecule has 1 amide bonds. The summed E-state index contributed by atoms with van der Waals surface area (Å²) >= 11 is 0. The van der Waals surface area contributed by atoms with Gasteiger partial charge in [-0.15, -0.1) is 0 Å². The molecule has 0 spiro atoms. The predicted molar refractivity (Wildman–Crippen MR) is 73.0 cm³/mol. The zero-order valence-electron chi connectivity index (χ0n) is 12.0. The van der Waals surface area contributed by atoms with Gasteiger partial charge in [-0.1, -0.05) is 26.3 Å². The van der Waals surface area contributed by atoms with Gasteiger partial charge in [-0.25, -0.2) is 8.78 Å². The van der Waals surface area contributed by atoms with Crippen molar-refractivity contribution in [2.24, 2.45) is 5.92 Å². The third-order valence-electron chi connectivity index (χ3n) is 3.29. The van der Waals surface area contributed by atoms with E-state index < -0.39 is 17.2 Å². The molecule has 0 aliphatic carbocycles. The molecule has 1 aromatic rings. The van der Waals surface area contributed by atoms with Crippen molar-refractivity contribution in [3.63, 3.8) is 0 Å². The molecule has 0 fully saturated rings. The lowest BCUT2D eigenvalue weighted by Gasteiger charge is -2.25. The molecule has 0 saturated heterocycles. The second-order valence-corrected chi connectivity index (χ2v) is 5.31. The fourth-order valence-electron chi connectivity index (χ4n) is 2.02. The number of carbonyl (C=O) groups excluding carboxylic acids is 1. The summed E-state index contributed by atoms with van der Waals surface area (Å²) in [6, 6.07) is 2.98. The van der Waals surface area contributed by atoms with E-state index in [1.165, 1.54) is 13.0 Å². The number of rotatable bonds is 6. The van der Waals surface area contributed by atoms with Crippen molar-refractivity contribution in [2.75, 3.05) is 6.54 Å². The Kier molecular flexibility index (Phi) is 5.62. The van der Waals surface area contributed by atoms with Gasteiger partial charge in [-0.3, -0.25) is 4.79 Å². The Morgan fingerprint density at radius 1 is 1.45 bits per heavy atom. The molecule has 0 radical (unpaired) electrons. The van der Waals surface area contributed by atoms with Crippen molar-refractivity contribution in [1.29, 1.82) is 0 Å². The van der Waals surface area contributed by atoms with E-state index in [0.717, 1.165) is 18.9 Å². The zero-order chi connectivity index (χ0) is 15.3. The van der Waals surface area contributed by atoms with E-state index in [2.05, 4.69) is 5.32 Å². The van der Waals surface area contributed by atoms with Crippen molar-refractivity contribution < 1.29 is 18.7 Å². The van der Waals surface area contributed by atoms with E-state index >= 15 is 0 Å². The van der Waals surface area contributed by atoms with Gasteiger partial charge < -0.3 is 10.4 Å². The SMILES string of the molecule is CCCC(C)C(=O)NCC(C)(O)c1ccc(F)cc1F. The molecular weight excluding hydrogens is 264 g/mol. The second-order valence-electron chi connectivity index (χ2n) is 5.31. The van der Waals surface area contributed by atoms with Gasteiger partial charge in [0.25, 0.3) is 0 Å². The number of halogens is 2. The molecule has 3 nitrogen and oxygen atoms in total. The largest absolute Gasteiger partial charge is 0.383 e. The number of carbonyl (C=O) groups is 1. The maximum atomic E-state index is 13.6. The summed E-state index contributed by atoms with van der Waals surface area (Å²) in [5.74, 6) is -1.88. The highest BCUT2D eigenvalue weighted by Gasteiger charge is 2.28. The molecule has 0 saturated carbocycles. The smallest absolute Gasteiger partial charge is 0.222 e. The highest BCUT2D eigenvalue weighted by molar-refractivity contribution is 5.78. The molecule has 1 aromatic carbocycles. The summed E-state index contributed by atoms with van der Waals surface area (Å²) in [5.41, 5.74) is -1.62. The molecule has 0 aromatic heterocycles. The van der Waals surface area contributed by atoms with Gasteiger partial charge in [0.2, 0.25) is 5.91 Å². The maximum Gasteiger partial charge on any atom is 0.222 e. The molecule has 0 aliphatic heterocycles. The minimum Gasteiger partial charge on any atom is -0.383 e. The van der Waals surface area contributed by atoms with Gasteiger partial charge in [-0.2, -0.15) is 0 Å². The van der Waals surface area contributed by atoms with E-state index in [9.17, 15) is 18.7 Å². The summed E-state index contributed by atoms with van der Waals surface area (Å²) in [7, 11) is 0. The van der Waals surface area contributed by atoms with Crippen LogP contribution in [0.15, 0.2) is 18.2 Å². The van der Waals surface area contributed by atoms with Crippen LogP contribution in [0.3, 0.4) is 0 Å². The summed E-state index contributed by atoms with van der Waals surface area (Å²) in [4.78, 5) is 11.8. The zero-order valence-corrected chi connectivity index (χ0v) is 12.0. The van der Waals surface area contributed by atoms with E-state index in [1.54, 1.807) is 6.92 Å². The Morgan fingerprint density at radius 3 is 2.65 bits per heavy atom. The standard InChI is InChI=1S/C15H21F2NO2/c1-4-5-10(2)14(19)18-9-15(3,20)12-7-6-11(16)8-13(12)17/h6-8,10,20H,4-5,9H2,1-3H3,(H,18,19). The van der Waals surface area contributed by atoms with Crippen molar-refractivity contribution in [2.45, 2.75) is 39.2 Å². The normalized spacial score (nSPS) is 15.5. The highest BCUT2D eigenvalue weighted by Crippen LogP contribution is 2.23. The predicted octanol–water partition coefficient (Wildman–Crippen LogP) is 2.72. The fourth-order valence-corrected chi connectivity index (χ4v) is 2.02. The van der Waals surface area contributed by atoms with Crippen LogP contribution in [-0.4, -0.2) is 17.6 Å². The number of hydrogen-bond donors (Lipinski definition) is 2. The average Bonchev–Trinajstić information content (AvgIpc) is 2.35. The van der Waals surface area contributed by atoms with Gasteiger partial charge >= 0.3 is 0 Å². The Labute approximate surface area is 118 Å². The molecule has 2 atom stereocenters. The molecule has 1 rings (SSSR count). The average molecular weight is 285 g/mol. The molecule has 0 heterocycles. The minimum atomic E-state index is -1.58. The summed E-state index contributed by atoms with van der Waals surface area (Å²) < 4.78 is 26.5. The molecule has 0 aliphatic rings. The van der Waals surface area contributed by atoms with E-state index in [4.69, 9.17) is 0 Å². The Morgan fingerprint density at radius 2 is 2.10 bits per heavy atom. The van der Waals surface area contributed by atoms with Crippen LogP contribution < -0.4 is 5.32 Å². The van der Waals surface area contributed by atoms with Crippen LogP contribution in [0.5, 0.6) is 0 Å². The summed E-state index contributed by atoms with van der Waals surface area (Å²) in [6.07, 6.45) is 1.64.